The number of likely N-dealkylation sites (tertiary alicyclic amines) is 1. The highest BCUT2D eigenvalue weighted by Crippen LogP contribution is 2.37. The number of carbonyl (C=O) groups is 4. The van der Waals surface area contributed by atoms with Gasteiger partial charge in [0.25, 0.3) is 5.91 Å². The maximum Gasteiger partial charge on any atom is 0.308 e. The number of nitrogens with zero attached hydrogens (tertiary/aromatic N) is 1. The number of ether oxygens (including phenoxy) is 1. The minimum Gasteiger partial charge on any atom is -0.456 e. The van der Waals surface area contributed by atoms with Gasteiger partial charge >= 0.3 is 5.97 Å². The van der Waals surface area contributed by atoms with Crippen LogP contribution in [0, 0.1) is 11.8 Å². The van der Waals surface area contributed by atoms with Gasteiger partial charge in [0, 0.05) is 11.4 Å². The highest BCUT2D eigenvalue weighted by molar-refractivity contribution is 7.98. The van der Waals surface area contributed by atoms with Crippen LogP contribution >= 0.6 is 11.8 Å². The third-order valence-corrected chi connectivity index (χ3v) is 6.01. The lowest BCUT2D eigenvalue weighted by Gasteiger charge is -2.19. The van der Waals surface area contributed by atoms with Crippen molar-refractivity contribution in [2.45, 2.75) is 37.0 Å². The van der Waals surface area contributed by atoms with Crippen molar-refractivity contribution in [1.82, 2.24) is 4.90 Å². The van der Waals surface area contributed by atoms with Gasteiger partial charge in [-0.2, -0.15) is 0 Å². The second-order valence-corrected chi connectivity index (χ2v) is 7.83. The Balaban J connectivity index is 1.44. The molecule has 1 saturated carbocycles. The summed E-state index contributed by atoms with van der Waals surface area (Å²) in [6, 6.07) is 7.34. The van der Waals surface area contributed by atoms with Gasteiger partial charge in [-0.15, -0.1) is 11.8 Å². The maximum absolute atomic E-state index is 12.4. The van der Waals surface area contributed by atoms with Gasteiger partial charge in [0.15, 0.2) is 6.61 Å². The number of benzene rings is 1. The van der Waals surface area contributed by atoms with E-state index in [1.807, 2.05) is 24.5 Å². The monoisotopic (exact) mass is 404 g/mol. The molecule has 8 heteroatoms. The molecule has 7 nitrogen and oxygen atoms in total. The summed E-state index contributed by atoms with van der Waals surface area (Å²) in [5, 5.41) is 2.71. The second-order valence-electron chi connectivity index (χ2n) is 6.98. The normalized spacial score (nSPS) is 21.4. The highest BCUT2D eigenvalue weighted by atomic mass is 32.2. The van der Waals surface area contributed by atoms with E-state index in [0.29, 0.717) is 5.69 Å². The van der Waals surface area contributed by atoms with E-state index in [9.17, 15) is 19.2 Å². The standard InChI is InChI=1S/C20H24N2O5S/c1-28-16-9-5-4-8-15(16)21-17(23)12-27-18(24)10-11-22-19(25)13-6-2-3-7-14(13)20(22)26/h4-5,8-9,13-14H,2-3,6-7,10-12H2,1H3,(H,21,23)/t13-,14-/m1/s1. The van der Waals surface area contributed by atoms with Gasteiger partial charge in [-0.1, -0.05) is 25.0 Å². The zero-order valence-corrected chi connectivity index (χ0v) is 16.6. The molecule has 1 saturated heterocycles. The zero-order valence-electron chi connectivity index (χ0n) is 15.8. The average molecular weight is 404 g/mol. The maximum atomic E-state index is 12.4. The van der Waals surface area contributed by atoms with Crippen molar-refractivity contribution in [3.8, 4) is 0 Å². The second kappa shape index (κ2) is 9.23. The van der Waals surface area contributed by atoms with Crippen LogP contribution < -0.4 is 5.32 Å². The molecule has 150 valence electrons. The number of thioether (sulfide) groups is 1. The fourth-order valence-electron chi connectivity index (χ4n) is 3.81. The Morgan fingerprint density at radius 2 is 1.79 bits per heavy atom. The molecule has 0 bridgehead atoms. The van der Waals surface area contributed by atoms with Gasteiger partial charge in [-0.25, -0.2) is 0 Å². The number of imide groups is 1. The number of amides is 3. The molecule has 0 unspecified atom stereocenters. The van der Waals surface area contributed by atoms with Crippen LogP contribution in [-0.4, -0.2) is 48.0 Å². The Labute approximate surface area is 168 Å². The molecule has 28 heavy (non-hydrogen) atoms. The van der Waals surface area contributed by atoms with Crippen molar-refractivity contribution in [3.05, 3.63) is 24.3 Å². The Morgan fingerprint density at radius 1 is 1.14 bits per heavy atom. The molecule has 2 aliphatic rings. The summed E-state index contributed by atoms with van der Waals surface area (Å²) < 4.78 is 4.99. The average Bonchev–Trinajstić information content (AvgIpc) is 2.95. The van der Waals surface area contributed by atoms with E-state index >= 15 is 0 Å². The third-order valence-electron chi connectivity index (χ3n) is 5.22. The molecule has 0 aromatic heterocycles. The summed E-state index contributed by atoms with van der Waals surface area (Å²) in [5.74, 6) is -1.83. The van der Waals surface area contributed by atoms with Gasteiger partial charge in [0.05, 0.1) is 23.9 Å². The summed E-state index contributed by atoms with van der Waals surface area (Å²) in [6.07, 6.45) is 5.21. The molecular weight excluding hydrogens is 380 g/mol. The summed E-state index contributed by atoms with van der Waals surface area (Å²) in [5.41, 5.74) is 0.659. The van der Waals surface area contributed by atoms with Gasteiger partial charge < -0.3 is 10.1 Å². The molecule has 2 atom stereocenters. The number of para-hydroxylation sites is 1. The first-order chi connectivity index (χ1) is 13.5. The predicted molar refractivity (Wildman–Crippen MR) is 105 cm³/mol. The molecule has 1 aromatic carbocycles. The number of anilines is 1. The first-order valence-corrected chi connectivity index (χ1v) is 10.7. The van der Waals surface area contributed by atoms with Crippen LogP contribution in [0.3, 0.4) is 0 Å². The molecule has 1 aliphatic heterocycles. The summed E-state index contributed by atoms with van der Waals surface area (Å²) in [4.78, 5) is 50.8. The summed E-state index contributed by atoms with van der Waals surface area (Å²) in [6.45, 7) is -0.394. The Hall–Kier alpha value is -2.35. The third kappa shape index (κ3) is 4.55. The van der Waals surface area contributed by atoms with Crippen molar-refractivity contribution >= 4 is 41.1 Å². The molecule has 1 aliphatic carbocycles. The molecule has 1 heterocycles. The molecule has 0 radical (unpaired) electrons. The predicted octanol–water partition coefficient (Wildman–Crippen LogP) is 2.46. The number of hydrogen-bond acceptors (Lipinski definition) is 6. The minimum atomic E-state index is -0.608. The van der Waals surface area contributed by atoms with E-state index in [1.54, 1.807) is 6.07 Å². The lowest BCUT2D eigenvalue weighted by molar-refractivity contribution is -0.148. The molecular formula is C20H24N2O5S. The lowest BCUT2D eigenvalue weighted by Crippen LogP contribution is -2.33. The minimum absolute atomic E-state index is 0.0143. The smallest absolute Gasteiger partial charge is 0.308 e. The van der Waals surface area contributed by atoms with Crippen molar-refractivity contribution in [2.75, 3.05) is 24.7 Å². The van der Waals surface area contributed by atoms with Gasteiger partial charge in [-0.05, 0) is 31.2 Å². The zero-order chi connectivity index (χ0) is 20.1. The topological polar surface area (TPSA) is 92.8 Å². The molecule has 0 spiro atoms. The number of carbonyl (C=O) groups excluding carboxylic acids is 4. The van der Waals surface area contributed by atoms with Crippen LogP contribution in [0.2, 0.25) is 0 Å². The fourth-order valence-corrected chi connectivity index (χ4v) is 4.36. The Morgan fingerprint density at radius 3 is 2.43 bits per heavy atom. The van der Waals surface area contributed by atoms with Crippen LogP contribution in [0.4, 0.5) is 5.69 Å². The molecule has 1 aromatic rings. The quantitative estimate of drug-likeness (QED) is 0.426. The molecule has 3 rings (SSSR count). The first kappa shape index (κ1) is 20.4. The number of hydrogen-bond donors (Lipinski definition) is 1. The van der Waals surface area contributed by atoms with Crippen LogP contribution in [0.5, 0.6) is 0 Å². The van der Waals surface area contributed by atoms with Gasteiger partial charge in [0.2, 0.25) is 11.8 Å². The number of esters is 1. The van der Waals surface area contributed by atoms with E-state index < -0.39 is 18.5 Å². The van der Waals surface area contributed by atoms with Crippen LogP contribution in [-0.2, 0) is 23.9 Å². The van der Waals surface area contributed by atoms with Crippen molar-refractivity contribution < 1.29 is 23.9 Å². The number of nitrogens with one attached hydrogen (secondary N) is 1. The van der Waals surface area contributed by atoms with Gasteiger partial charge in [0.1, 0.15) is 0 Å². The lowest BCUT2D eigenvalue weighted by atomic mass is 9.81. The molecule has 2 fully saturated rings. The van der Waals surface area contributed by atoms with E-state index in [1.165, 1.54) is 16.7 Å². The van der Waals surface area contributed by atoms with E-state index in [2.05, 4.69) is 5.32 Å². The van der Waals surface area contributed by atoms with E-state index in [4.69, 9.17) is 4.74 Å². The van der Waals surface area contributed by atoms with Crippen molar-refractivity contribution in [2.24, 2.45) is 11.8 Å². The Kier molecular flexibility index (Phi) is 6.72. The van der Waals surface area contributed by atoms with E-state index in [0.717, 1.165) is 30.6 Å². The Bertz CT molecular complexity index is 758. The van der Waals surface area contributed by atoms with Crippen molar-refractivity contribution in [3.63, 3.8) is 0 Å². The highest BCUT2D eigenvalue weighted by Gasteiger charge is 2.47. The number of fused-ring (bicyclic) bond motifs is 1. The summed E-state index contributed by atoms with van der Waals surface area (Å²) in [7, 11) is 0. The van der Waals surface area contributed by atoms with Crippen LogP contribution in [0.25, 0.3) is 0 Å². The SMILES string of the molecule is CSc1ccccc1NC(=O)COC(=O)CCN1C(=O)[C@@H]2CCCC[C@H]2C1=O. The van der Waals surface area contributed by atoms with Gasteiger partial charge in [-0.3, -0.25) is 24.1 Å². The summed E-state index contributed by atoms with van der Waals surface area (Å²) >= 11 is 1.50. The first-order valence-electron chi connectivity index (χ1n) is 9.45. The number of rotatable bonds is 7. The molecule has 1 N–H and O–H groups in total. The van der Waals surface area contributed by atoms with E-state index in [-0.39, 0.29) is 36.6 Å². The largest absolute Gasteiger partial charge is 0.456 e. The van der Waals surface area contributed by atoms with Crippen molar-refractivity contribution in [1.29, 1.82) is 0 Å². The van der Waals surface area contributed by atoms with Crippen LogP contribution in [0.1, 0.15) is 32.1 Å². The van der Waals surface area contributed by atoms with Crippen LogP contribution in [0.15, 0.2) is 29.2 Å². The molecule has 3 amide bonds. The fraction of sp³-hybridized carbons (Fsp3) is 0.500.